The maximum absolute atomic E-state index is 13.0. The number of aromatic nitrogens is 2. The van der Waals surface area contributed by atoms with E-state index in [2.05, 4.69) is 4.98 Å². The lowest BCUT2D eigenvalue weighted by Crippen LogP contribution is -2.38. The highest BCUT2D eigenvalue weighted by Crippen LogP contribution is 2.32. The Labute approximate surface area is 175 Å². The van der Waals surface area contributed by atoms with Crippen LogP contribution >= 0.6 is 0 Å². The van der Waals surface area contributed by atoms with Crippen molar-refractivity contribution in [1.29, 1.82) is 0 Å². The first-order valence-corrected chi connectivity index (χ1v) is 10.4. The normalized spacial score (nSPS) is 16.3. The SMILES string of the molecule is O=C(c1ccc2c(c1)OCCO2)N1CCC(c2ccnc(-c3ccccc3)n2)CC1. The fourth-order valence-corrected chi connectivity index (χ4v) is 4.06. The van der Waals surface area contributed by atoms with Gasteiger partial charge in [-0.1, -0.05) is 30.3 Å². The minimum atomic E-state index is 0.0399. The molecule has 0 unspecified atom stereocenters. The van der Waals surface area contributed by atoms with Gasteiger partial charge in [0.1, 0.15) is 13.2 Å². The number of hydrogen-bond donors (Lipinski definition) is 0. The fraction of sp³-hybridized carbons (Fsp3) is 0.292. The smallest absolute Gasteiger partial charge is 0.253 e. The summed E-state index contributed by atoms with van der Waals surface area (Å²) in [6, 6.07) is 17.4. The second-order valence-corrected chi connectivity index (χ2v) is 7.60. The quantitative estimate of drug-likeness (QED) is 0.665. The van der Waals surface area contributed by atoms with Gasteiger partial charge in [-0.3, -0.25) is 4.79 Å². The minimum absolute atomic E-state index is 0.0399. The van der Waals surface area contributed by atoms with Crippen LogP contribution in [0.1, 0.15) is 34.8 Å². The van der Waals surface area contributed by atoms with Crippen LogP contribution in [0.2, 0.25) is 0 Å². The average Bonchev–Trinajstić information content (AvgIpc) is 2.84. The first-order chi connectivity index (χ1) is 14.8. The molecule has 2 aliphatic heterocycles. The summed E-state index contributed by atoms with van der Waals surface area (Å²) in [7, 11) is 0. The van der Waals surface area contributed by atoms with Crippen LogP contribution in [-0.4, -0.2) is 47.1 Å². The van der Waals surface area contributed by atoms with E-state index >= 15 is 0 Å². The zero-order valence-corrected chi connectivity index (χ0v) is 16.7. The van der Waals surface area contributed by atoms with E-state index in [0.29, 0.717) is 49.3 Å². The van der Waals surface area contributed by atoms with Crippen molar-refractivity contribution in [3.8, 4) is 22.9 Å². The van der Waals surface area contributed by atoms with Crippen LogP contribution in [0.4, 0.5) is 0 Å². The molecular formula is C24H23N3O3. The van der Waals surface area contributed by atoms with Gasteiger partial charge >= 0.3 is 0 Å². The van der Waals surface area contributed by atoms with Crippen molar-refractivity contribution in [2.24, 2.45) is 0 Å². The average molecular weight is 401 g/mol. The molecule has 1 fully saturated rings. The van der Waals surface area contributed by atoms with Gasteiger partial charge in [-0.15, -0.1) is 0 Å². The van der Waals surface area contributed by atoms with Crippen LogP contribution in [0.25, 0.3) is 11.4 Å². The summed E-state index contributed by atoms with van der Waals surface area (Å²) < 4.78 is 11.2. The fourth-order valence-electron chi connectivity index (χ4n) is 4.06. The summed E-state index contributed by atoms with van der Waals surface area (Å²) in [6.45, 7) is 2.48. The van der Waals surface area contributed by atoms with Gasteiger partial charge in [0.25, 0.3) is 5.91 Å². The summed E-state index contributed by atoms with van der Waals surface area (Å²) in [5.41, 5.74) is 2.71. The number of carbonyl (C=O) groups is 1. The van der Waals surface area contributed by atoms with E-state index < -0.39 is 0 Å². The van der Waals surface area contributed by atoms with Gasteiger partial charge in [0, 0.05) is 42.0 Å². The van der Waals surface area contributed by atoms with Crippen LogP contribution in [-0.2, 0) is 0 Å². The number of benzene rings is 2. The Morgan fingerprint density at radius 2 is 1.70 bits per heavy atom. The molecule has 1 amide bonds. The first kappa shape index (κ1) is 18.6. The maximum atomic E-state index is 13.0. The Morgan fingerprint density at radius 1 is 0.933 bits per heavy atom. The second kappa shape index (κ2) is 8.14. The highest BCUT2D eigenvalue weighted by molar-refractivity contribution is 5.95. The lowest BCUT2D eigenvalue weighted by atomic mass is 9.92. The summed E-state index contributed by atoms with van der Waals surface area (Å²) >= 11 is 0. The van der Waals surface area contributed by atoms with Crippen molar-refractivity contribution >= 4 is 5.91 Å². The number of amides is 1. The van der Waals surface area contributed by atoms with Crippen molar-refractivity contribution in [2.45, 2.75) is 18.8 Å². The van der Waals surface area contributed by atoms with E-state index in [-0.39, 0.29) is 5.91 Å². The highest BCUT2D eigenvalue weighted by atomic mass is 16.6. The lowest BCUT2D eigenvalue weighted by molar-refractivity contribution is 0.0711. The first-order valence-electron chi connectivity index (χ1n) is 10.4. The summed E-state index contributed by atoms with van der Waals surface area (Å²) in [4.78, 5) is 24.1. The predicted octanol–water partition coefficient (Wildman–Crippen LogP) is 3.93. The molecule has 0 aliphatic carbocycles. The minimum Gasteiger partial charge on any atom is -0.486 e. The third-order valence-corrected chi connectivity index (χ3v) is 5.70. The van der Waals surface area contributed by atoms with Crippen LogP contribution in [0.15, 0.2) is 60.8 Å². The number of piperidine rings is 1. The Hall–Kier alpha value is -3.41. The van der Waals surface area contributed by atoms with Crippen LogP contribution in [0.3, 0.4) is 0 Å². The van der Waals surface area contributed by atoms with Crippen LogP contribution < -0.4 is 9.47 Å². The number of ether oxygens (including phenoxy) is 2. The highest BCUT2D eigenvalue weighted by Gasteiger charge is 2.26. The third-order valence-electron chi connectivity index (χ3n) is 5.70. The molecule has 3 aromatic rings. The molecule has 0 saturated carbocycles. The molecule has 1 saturated heterocycles. The molecule has 0 atom stereocenters. The summed E-state index contributed by atoms with van der Waals surface area (Å²) in [6.07, 6.45) is 3.61. The molecule has 2 aromatic carbocycles. The van der Waals surface area contributed by atoms with Gasteiger partial charge in [0.2, 0.25) is 0 Å². The lowest BCUT2D eigenvalue weighted by Gasteiger charge is -2.32. The molecule has 0 bridgehead atoms. The van der Waals surface area contributed by atoms with Gasteiger partial charge in [-0.2, -0.15) is 0 Å². The van der Waals surface area contributed by atoms with E-state index in [1.54, 1.807) is 6.07 Å². The van der Waals surface area contributed by atoms with Crippen molar-refractivity contribution < 1.29 is 14.3 Å². The van der Waals surface area contributed by atoms with E-state index in [1.165, 1.54) is 0 Å². The predicted molar refractivity (Wildman–Crippen MR) is 113 cm³/mol. The van der Waals surface area contributed by atoms with E-state index in [1.807, 2.05) is 59.6 Å². The Balaban J connectivity index is 1.26. The van der Waals surface area contributed by atoms with Gasteiger partial charge < -0.3 is 14.4 Å². The molecule has 6 nitrogen and oxygen atoms in total. The molecule has 6 heteroatoms. The molecule has 30 heavy (non-hydrogen) atoms. The molecule has 0 spiro atoms. The van der Waals surface area contributed by atoms with Crippen LogP contribution in [0, 0.1) is 0 Å². The van der Waals surface area contributed by atoms with Crippen molar-refractivity contribution in [3.05, 3.63) is 72.1 Å². The van der Waals surface area contributed by atoms with E-state index in [4.69, 9.17) is 14.5 Å². The number of nitrogens with zero attached hydrogens (tertiary/aromatic N) is 3. The molecule has 3 heterocycles. The monoisotopic (exact) mass is 401 g/mol. The number of rotatable bonds is 3. The number of hydrogen-bond acceptors (Lipinski definition) is 5. The standard InChI is InChI=1S/C24H23N3O3/c28-24(19-6-7-21-22(16-19)30-15-14-29-21)27-12-9-17(10-13-27)20-8-11-25-23(26-20)18-4-2-1-3-5-18/h1-8,11,16-17H,9-10,12-15H2. The molecular weight excluding hydrogens is 378 g/mol. The van der Waals surface area contributed by atoms with E-state index in [0.717, 1.165) is 29.9 Å². The molecule has 5 rings (SSSR count). The molecule has 1 aromatic heterocycles. The zero-order valence-electron chi connectivity index (χ0n) is 16.7. The largest absolute Gasteiger partial charge is 0.486 e. The Kier molecular flexibility index (Phi) is 5.05. The second-order valence-electron chi connectivity index (χ2n) is 7.60. The third kappa shape index (κ3) is 3.73. The van der Waals surface area contributed by atoms with Gasteiger partial charge in [0.15, 0.2) is 17.3 Å². The maximum Gasteiger partial charge on any atom is 0.253 e. The van der Waals surface area contributed by atoms with E-state index in [9.17, 15) is 4.79 Å². The molecule has 0 radical (unpaired) electrons. The van der Waals surface area contributed by atoms with Crippen molar-refractivity contribution in [1.82, 2.24) is 14.9 Å². The Morgan fingerprint density at radius 3 is 2.50 bits per heavy atom. The number of likely N-dealkylation sites (tertiary alicyclic amines) is 1. The Bertz CT molecular complexity index is 1050. The zero-order chi connectivity index (χ0) is 20.3. The van der Waals surface area contributed by atoms with Crippen molar-refractivity contribution in [3.63, 3.8) is 0 Å². The van der Waals surface area contributed by atoms with Gasteiger partial charge in [-0.25, -0.2) is 9.97 Å². The number of fused-ring (bicyclic) bond motifs is 1. The summed E-state index contributed by atoms with van der Waals surface area (Å²) in [5.74, 6) is 2.48. The molecule has 2 aliphatic rings. The van der Waals surface area contributed by atoms with Gasteiger partial charge in [-0.05, 0) is 37.1 Å². The van der Waals surface area contributed by atoms with Gasteiger partial charge in [0.05, 0.1) is 0 Å². The topological polar surface area (TPSA) is 64.6 Å². The summed E-state index contributed by atoms with van der Waals surface area (Å²) in [5, 5.41) is 0. The van der Waals surface area contributed by atoms with Crippen LogP contribution in [0.5, 0.6) is 11.5 Å². The molecule has 0 N–H and O–H groups in total. The van der Waals surface area contributed by atoms with Crippen molar-refractivity contribution in [2.75, 3.05) is 26.3 Å². The number of carbonyl (C=O) groups excluding carboxylic acids is 1. The molecule has 152 valence electrons.